The molecule has 26 heavy (non-hydrogen) atoms. The number of carbonyl (C=O) groups is 1. The van der Waals surface area contributed by atoms with Crippen LogP contribution in [-0.4, -0.2) is 28.6 Å². The molecule has 7 nitrogen and oxygen atoms in total. The van der Waals surface area contributed by atoms with E-state index >= 15 is 0 Å². The van der Waals surface area contributed by atoms with E-state index in [2.05, 4.69) is 16.4 Å². The van der Waals surface area contributed by atoms with Crippen molar-refractivity contribution in [3.8, 4) is 6.07 Å². The average Bonchev–Trinajstić information content (AvgIpc) is 3.28. The molecule has 7 heteroatoms. The summed E-state index contributed by atoms with van der Waals surface area (Å²) in [6.07, 6.45) is 2.25. The van der Waals surface area contributed by atoms with Crippen molar-refractivity contribution in [1.29, 1.82) is 5.26 Å². The van der Waals surface area contributed by atoms with Crippen LogP contribution < -0.4 is 5.32 Å². The van der Waals surface area contributed by atoms with Crippen molar-refractivity contribution in [1.82, 2.24) is 14.9 Å². The van der Waals surface area contributed by atoms with Crippen molar-refractivity contribution in [2.24, 2.45) is 7.05 Å². The number of benzene rings is 1. The zero-order valence-corrected chi connectivity index (χ0v) is 14.5. The maximum atomic E-state index is 12.4. The fourth-order valence-corrected chi connectivity index (χ4v) is 2.71. The first-order valence-corrected chi connectivity index (χ1v) is 8.39. The fraction of sp³-hybridized carbons (Fsp3) is 0.316. The van der Waals surface area contributed by atoms with Gasteiger partial charge in [-0.15, -0.1) is 0 Å². The molecule has 0 saturated heterocycles. The molecular weight excluding hydrogens is 332 g/mol. The molecule has 3 rings (SSSR count). The number of furan rings is 1. The molecule has 1 amide bonds. The molecule has 0 bridgehead atoms. The second-order valence-electron chi connectivity index (χ2n) is 5.86. The maximum absolute atomic E-state index is 12.4. The van der Waals surface area contributed by atoms with E-state index in [1.807, 2.05) is 43.4 Å². The number of hydrogen-bond acceptors (Lipinski definition) is 5. The molecule has 0 saturated carbocycles. The van der Waals surface area contributed by atoms with E-state index in [-0.39, 0.29) is 5.91 Å². The number of aryl methyl sites for hydroxylation is 1. The summed E-state index contributed by atoms with van der Waals surface area (Å²) >= 11 is 0. The lowest BCUT2D eigenvalue weighted by molar-refractivity contribution is -0.121. The Bertz CT molecular complexity index is 909. The number of aromatic nitrogens is 2. The van der Waals surface area contributed by atoms with Gasteiger partial charge < -0.3 is 19.0 Å². The second-order valence-corrected chi connectivity index (χ2v) is 5.86. The van der Waals surface area contributed by atoms with Crippen LogP contribution in [0.2, 0.25) is 0 Å². The third-order valence-electron chi connectivity index (χ3n) is 4.06. The highest BCUT2D eigenvalue weighted by atomic mass is 16.5. The molecule has 0 aliphatic rings. The van der Waals surface area contributed by atoms with E-state index in [4.69, 9.17) is 9.15 Å². The Kier molecular flexibility index (Phi) is 5.66. The number of rotatable bonds is 8. The molecular formula is C19H20N4O3. The predicted molar refractivity (Wildman–Crippen MR) is 95.1 cm³/mol. The minimum atomic E-state index is -0.948. The maximum Gasteiger partial charge on any atom is 0.245 e. The van der Waals surface area contributed by atoms with Crippen molar-refractivity contribution in [3.63, 3.8) is 0 Å². The first-order chi connectivity index (χ1) is 12.7. The van der Waals surface area contributed by atoms with Crippen LogP contribution in [0.1, 0.15) is 23.9 Å². The summed E-state index contributed by atoms with van der Waals surface area (Å²) in [5, 5.41) is 12.2. The Balaban J connectivity index is 1.50. The zero-order chi connectivity index (χ0) is 18.4. The Morgan fingerprint density at radius 2 is 2.23 bits per heavy atom. The minimum absolute atomic E-state index is 0.350. The average molecular weight is 352 g/mol. The smallest absolute Gasteiger partial charge is 0.245 e. The third kappa shape index (κ3) is 3.92. The van der Waals surface area contributed by atoms with Gasteiger partial charge in [0.25, 0.3) is 0 Å². The van der Waals surface area contributed by atoms with E-state index in [1.54, 1.807) is 10.8 Å². The van der Waals surface area contributed by atoms with Gasteiger partial charge in [-0.05, 0) is 30.7 Å². The molecule has 2 aromatic heterocycles. The number of nitrogens with one attached hydrogen (secondary N) is 1. The number of amides is 1. The van der Waals surface area contributed by atoms with Gasteiger partial charge in [0.15, 0.2) is 5.92 Å². The number of hydrogen-bond donors (Lipinski definition) is 1. The van der Waals surface area contributed by atoms with Crippen molar-refractivity contribution < 1.29 is 13.9 Å². The van der Waals surface area contributed by atoms with Crippen LogP contribution in [0.25, 0.3) is 11.0 Å². The van der Waals surface area contributed by atoms with E-state index < -0.39 is 5.92 Å². The molecule has 2 heterocycles. The monoisotopic (exact) mass is 352 g/mol. The van der Waals surface area contributed by atoms with Crippen molar-refractivity contribution in [2.75, 3.05) is 13.2 Å². The predicted octanol–water partition coefficient (Wildman–Crippen LogP) is 2.50. The fourth-order valence-electron chi connectivity index (χ4n) is 2.71. The van der Waals surface area contributed by atoms with Gasteiger partial charge >= 0.3 is 0 Å². The largest absolute Gasteiger partial charge is 0.467 e. The van der Waals surface area contributed by atoms with Gasteiger partial charge in [-0.1, -0.05) is 12.1 Å². The summed E-state index contributed by atoms with van der Waals surface area (Å²) in [7, 11) is 1.81. The molecule has 1 unspecified atom stereocenters. The highest BCUT2D eigenvalue weighted by molar-refractivity contribution is 5.87. The number of para-hydroxylation sites is 2. The number of nitriles is 1. The lowest BCUT2D eigenvalue weighted by atomic mass is 10.1. The quantitative estimate of drug-likeness (QED) is 0.629. The molecule has 0 spiro atoms. The highest BCUT2D eigenvalue weighted by Crippen LogP contribution is 2.20. The summed E-state index contributed by atoms with van der Waals surface area (Å²) in [6.45, 7) is 1.32. The van der Waals surface area contributed by atoms with Crippen LogP contribution in [0.4, 0.5) is 0 Å². The van der Waals surface area contributed by atoms with Gasteiger partial charge in [-0.25, -0.2) is 4.98 Å². The molecule has 1 N–H and O–H groups in total. The number of carbonyl (C=O) groups excluding carboxylic acids is 1. The molecule has 0 fully saturated rings. The number of ether oxygens (including phenoxy) is 1. The topological polar surface area (TPSA) is 93.1 Å². The first-order valence-electron chi connectivity index (χ1n) is 8.39. The first kappa shape index (κ1) is 17.7. The number of nitrogens with zero attached hydrogens (tertiary/aromatic N) is 3. The lowest BCUT2D eigenvalue weighted by Gasteiger charge is -2.10. The van der Waals surface area contributed by atoms with Crippen LogP contribution in [0.5, 0.6) is 0 Å². The van der Waals surface area contributed by atoms with E-state index in [9.17, 15) is 10.1 Å². The van der Waals surface area contributed by atoms with Gasteiger partial charge in [0.2, 0.25) is 5.91 Å². The van der Waals surface area contributed by atoms with Gasteiger partial charge in [0, 0.05) is 20.2 Å². The van der Waals surface area contributed by atoms with E-state index in [0.717, 1.165) is 16.8 Å². The summed E-state index contributed by atoms with van der Waals surface area (Å²) in [5.41, 5.74) is 1.66. The van der Waals surface area contributed by atoms with Crippen LogP contribution in [0, 0.1) is 11.3 Å². The van der Waals surface area contributed by atoms with Gasteiger partial charge in [-0.2, -0.15) is 5.26 Å². The van der Waals surface area contributed by atoms with Gasteiger partial charge in [-0.3, -0.25) is 4.79 Å². The third-order valence-corrected chi connectivity index (χ3v) is 4.06. The summed E-state index contributed by atoms with van der Waals surface area (Å²) < 4.78 is 12.4. The number of imidazole rings is 1. The molecule has 0 radical (unpaired) electrons. The van der Waals surface area contributed by atoms with Gasteiger partial charge in [0.05, 0.1) is 23.4 Å². The SMILES string of the molecule is Cn1c(C(C#N)C(=O)NCCCOCc2ccco2)nc2ccccc21. The highest BCUT2D eigenvalue weighted by Gasteiger charge is 2.25. The van der Waals surface area contributed by atoms with E-state index in [0.29, 0.717) is 32.0 Å². The number of fused-ring (bicyclic) bond motifs is 1. The summed E-state index contributed by atoms with van der Waals surface area (Å²) in [5.74, 6) is -0.0888. The lowest BCUT2D eigenvalue weighted by Crippen LogP contribution is -2.31. The van der Waals surface area contributed by atoms with Gasteiger partial charge in [0.1, 0.15) is 18.2 Å². The van der Waals surface area contributed by atoms with Crippen molar-refractivity contribution in [2.45, 2.75) is 18.9 Å². The van der Waals surface area contributed by atoms with Crippen LogP contribution in [0.3, 0.4) is 0 Å². The van der Waals surface area contributed by atoms with Crippen LogP contribution in [0.15, 0.2) is 47.1 Å². The summed E-state index contributed by atoms with van der Waals surface area (Å²) in [4.78, 5) is 16.8. The Morgan fingerprint density at radius 1 is 1.38 bits per heavy atom. The Hall–Kier alpha value is -3.11. The molecule has 0 aliphatic heterocycles. The molecule has 1 aromatic carbocycles. The molecule has 3 aromatic rings. The summed E-state index contributed by atoms with van der Waals surface area (Å²) in [6, 6.07) is 13.3. The Labute approximate surface area is 151 Å². The zero-order valence-electron chi connectivity index (χ0n) is 14.5. The minimum Gasteiger partial charge on any atom is -0.467 e. The molecule has 1 atom stereocenters. The molecule has 134 valence electrons. The van der Waals surface area contributed by atoms with Crippen molar-refractivity contribution >= 4 is 16.9 Å². The molecule has 0 aliphatic carbocycles. The second kappa shape index (κ2) is 8.32. The van der Waals surface area contributed by atoms with Crippen LogP contribution >= 0.6 is 0 Å². The standard InChI is InChI=1S/C19H20N4O3/c1-23-17-8-3-2-7-16(17)22-18(23)15(12-20)19(24)21-9-5-10-25-13-14-6-4-11-26-14/h2-4,6-8,11,15H,5,9-10,13H2,1H3,(H,21,24). The normalized spacial score (nSPS) is 12.0. The van der Waals surface area contributed by atoms with E-state index in [1.165, 1.54) is 0 Å². The van der Waals surface area contributed by atoms with Crippen molar-refractivity contribution in [3.05, 3.63) is 54.2 Å². The van der Waals surface area contributed by atoms with Crippen LogP contribution in [-0.2, 0) is 23.2 Å². The Morgan fingerprint density at radius 3 is 2.96 bits per heavy atom.